The summed E-state index contributed by atoms with van der Waals surface area (Å²) in [6.07, 6.45) is 1.97. The van der Waals surface area contributed by atoms with Gasteiger partial charge in [0, 0.05) is 18.4 Å². The van der Waals surface area contributed by atoms with Crippen molar-refractivity contribution in [3.8, 4) is 23.3 Å². The minimum Gasteiger partial charge on any atom is -0.497 e. The van der Waals surface area contributed by atoms with Crippen molar-refractivity contribution < 1.29 is 14.3 Å². The molecule has 1 amide bonds. The molecule has 7 heteroatoms. The second-order valence-electron chi connectivity index (χ2n) is 6.42. The van der Waals surface area contributed by atoms with E-state index in [2.05, 4.69) is 16.4 Å². The number of nitriles is 1. The Balaban J connectivity index is 1.82. The number of carbonyl (C=O) groups is 1. The van der Waals surface area contributed by atoms with Crippen LogP contribution >= 0.6 is 0 Å². The fourth-order valence-electron chi connectivity index (χ4n) is 3.44. The van der Waals surface area contributed by atoms with E-state index in [0.717, 1.165) is 16.9 Å². The summed E-state index contributed by atoms with van der Waals surface area (Å²) in [7, 11) is 3.19. The lowest BCUT2D eigenvalue weighted by Crippen LogP contribution is -2.25. The first-order chi connectivity index (χ1) is 13.6. The number of aromatic nitrogens is 2. The van der Waals surface area contributed by atoms with E-state index in [9.17, 15) is 4.79 Å². The minimum absolute atomic E-state index is 0.0922. The van der Waals surface area contributed by atoms with Crippen LogP contribution in [0.3, 0.4) is 0 Å². The molecule has 0 radical (unpaired) electrons. The smallest absolute Gasteiger partial charge is 0.226 e. The van der Waals surface area contributed by atoms with Gasteiger partial charge < -0.3 is 14.8 Å². The third-order valence-electron chi connectivity index (χ3n) is 4.86. The third-order valence-corrected chi connectivity index (χ3v) is 4.86. The first-order valence-corrected chi connectivity index (χ1v) is 8.74. The molecular formula is C21H18N4O3. The number of anilines is 1. The van der Waals surface area contributed by atoms with Gasteiger partial charge in [0.2, 0.25) is 5.91 Å². The second-order valence-corrected chi connectivity index (χ2v) is 6.42. The molecule has 1 atom stereocenters. The number of amides is 1. The van der Waals surface area contributed by atoms with Crippen LogP contribution in [0.4, 0.5) is 5.82 Å². The average molecular weight is 374 g/mol. The molecule has 0 saturated carbocycles. The van der Waals surface area contributed by atoms with Crippen molar-refractivity contribution in [3.63, 3.8) is 0 Å². The molecule has 0 spiro atoms. The fourth-order valence-corrected chi connectivity index (χ4v) is 3.44. The number of hydrogen-bond donors (Lipinski definition) is 1. The molecule has 0 bridgehead atoms. The SMILES string of the molecule is COc1ccc(OC)c(-n2cnc3c2NC(=O)C[C@@H]3c2ccc(C#N)cc2)c1. The zero-order chi connectivity index (χ0) is 19.7. The van der Waals surface area contributed by atoms with Crippen molar-refractivity contribution in [2.75, 3.05) is 19.5 Å². The van der Waals surface area contributed by atoms with E-state index in [1.807, 2.05) is 30.3 Å². The van der Waals surface area contributed by atoms with Gasteiger partial charge in [0.15, 0.2) is 0 Å². The van der Waals surface area contributed by atoms with Crippen molar-refractivity contribution in [2.45, 2.75) is 12.3 Å². The van der Waals surface area contributed by atoms with Gasteiger partial charge in [0.25, 0.3) is 0 Å². The van der Waals surface area contributed by atoms with Crippen LogP contribution in [0, 0.1) is 11.3 Å². The van der Waals surface area contributed by atoms with Crippen molar-refractivity contribution in [2.24, 2.45) is 0 Å². The Kier molecular flexibility index (Phi) is 4.45. The lowest BCUT2D eigenvalue weighted by Gasteiger charge is -2.24. The van der Waals surface area contributed by atoms with Crippen LogP contribution in [0.5, 0.6) is 11.5 Å². The first-order valence-electron chi connectivity index (χ1n) is 8.74. The Morgan fingerprint density at radius 3 is 2.64 bits per heavy atom. The van der Waals surface area contributed by atoms with Gasteiger partial charge in [-0.3, -0.25) is 9.36 Å². The van der Waals surface area contributed by atoms with E-state index < -0.39 is 0 Å². The number of hydrogen-bond acceptors (Lipinski definition) is 5. The summed E-state index contributed by atoms with van der Waals surface area (Å²) in [4.78, 5) is 17.0. The zero-order valence-electron chi connectivity index (χ0n) is 15.5. The largest absolute Gasteiger partial charge is 0.497 e. The van der Waals surface area contributed by atoms with Crippen LogP contribution in [0.2, 0.25) is 0 Å². The van der Waals surface area contributed by atoms with Crippen molar-refractivity contribution in [1.29, 1.82) is 5.26 Å². The van der Waals surface area contributed by atoms with Crippen LogP contribution in [0.15, 0.2) is 48.8 Å². The number of imidazole rings is 1. The van der Waals surface area contributed by atoms with Crippen molar-refractivity contribution in [1.82, 2.24) is 9.55 Å². The highest BCUT2D eigenvalue weighted by Crippen LogP contribution is 2.39. The minimum atomic E-state index is -0.186. The molecule has 3 aromatic rings. The van der Waals surface area contributed by atoms with Crippen molar-refractivity contribution >= 4 is 11.7 Å². The van der Waals surface area contributed by atoms with Gasteiger partial charge in [-0.05, 0) is 29.8 Å². The molecule has 1 aliphatic rings. The van der Waals surface area contributed by atoms with Crippen molar-refractivity contribution in [3.05, 3.63) is 65.6 Å². The number of nitrogens with one attached hydrogen (secondary N) is 1. The number of rotatable bonds is 4. The second kappa shape index (κ2) is 7.08. The molecule has 0 saturated heterocycles. The van der Waals surface area contributed by atoms with E-state index in [0.29, 0.717) is 29.3 Å². The molecule has 2 heterocycles. The predicted octanol–water partition coefficient (Wildman–Crippen LogP) is 3.24. The number of benzene rings is 2. The molecule has 7 nitrogen and oxygen atoms in total. The molecule has 0 aliphatic carbocycles. The molecule has 0 fully saturated rings. The Labute approximate surface area is 162 Å². The summed E-state index contributed by atoms with van der Waals surface area (Å²) in [5.41, 5.74) is 3.01. The molecule has 140 valence electrons. The van der Waals surface area contributed by atoms with E-state index in [-0.39, 0.29) is 11.8 Å². The van der Waals surface area contributed by atoms with Gasteiger partial charge in [-0.25, -0.2) is 4.98 Å². The standard InChI is InChI=1S/C21H18N4O3/c1-27-15-7-8-18(28-2)17(9-15)25-12-23-20-16(10-19(26)24-21(20)25)14-5-3-13(11-22)4-6-14/h3-9,12,16H,10H2,1-2H3,(H,24,26)/t16-/m1/s1. The average Bonchev–Trinajstić information content (AvgIpc) is 3.16. The Bertz CT molecular complexity index is 1080. The van der Waals surface area contributed by atoms with Gasteiger partial charge in [-0.1, -0.05) is 12.1 Å². The number of ether oxygens (including phenoxy) is 2. The lowest BCUT2D eigenvalue weighted by molar-refractivity contribution is -0.116. The Morgan fingerprint density at radius 1 is 1.18 bits per heavy atom. The lowest BCUT2D eigenvalue weighted by atomic mass is 9.89. The van der Waals surface area contributed by atoms with Crippen LogP contribution in [0.25, 0.3) is 5.69 Å². The maximum Gasteiger partial charge on any atom is 0.226 e. The molecule has 2 aromatic carbocycles. The molecule has 1 aliphatic heterocycles. The normalized spacial score (nSPS) is 15.3. The summed E-state index contributed by atoms with van der Waals surface area (Å²) in [6, 6.07) is 14.8. The molecule has 4 rings (SSSR count). The van der Waals surface area contributed by atoms with E-state index in [1.165, 1.54) is 0 Å². The summed E-state index contributed by atoms with van der Waals surface area (Å²) in [5, 5.41) is 11.9. The monoisotopic (exact) mass is 374 g/mol. The van der Waals surface area contributed by atoms with Crippen LogP contribution in [-0.2, 0) is 4.79 Å². The maximum atomic E-state index is 12.4. The molecule has 0 unspecified atom stereocenters. The topological polar surface area (TPSA) is 89.2 Å². The Morgan fingerprint density at radius 2 is 1.96 bits per heavy atom. The summed E-state index contributed by atoms with van der Waals surface area (Å²) < 4.78 is 12.6. The van der Waals surface area contributed by atoms with Gasteiger partial charge in [-0.2, -0.15) is 5.26 Å². The van der Waals surface area contributed by atoms with Gasteiger partial charge in [-0.15, -0.1) is 0 Å². The fraction of sp³-hybridized carbons (Fsp3) is 0.190. The summed E-state index contributed by atoms with van der Waals surface area (Å²) >= 11 is 0. The Hall–Kier alpha value is -3.79. The first kappa shape index (κ1) is 17.6. The quantitative estimate of drug-likeness (QED) is 0.757. The van der Waals surface area contributed by atoms with Gasteiger partial charge in [0.1, 0.15) is 23.6 Å². The summed E-state index contributed by atoms with van der Waals surface area (Å²) in [5.74, 6) is 1.64. The molecular weight excluding hydrogens is 356 g/mol. The van der Waals surface area contributed by atoms with Gasteiger partial charge in [0.05, 0.1) is 37.2 Å². The zero-order valence-corrected chi connectivity index (χ0v) is 15.5. The van der Waals surface area contributed by atoms with Crippen LogP contribution < -0.4 is 14.8 Å². The van der Waals surface area contributed by atoms with E-state index in [1.54, 1.807) is 37.2 Å². The predicted molar refractivity (Wildman–Crippen MR) is 103 cm³/mol. The highest BCUT2D eigenvalue weighted by molar-refractivity contribution is 5.94. The highest BCUT2D eigenvalue weighted by Gasteiger charge is 2.31. The molecule has 1 N–H and O–H groups in total. The third kappa shape index (κ3) is 2.95. The van der Waals surface area contributed by atoms with Gasteiger partial charge >= 0.3 is 0 Å². The summed E-state index contributed by atoms with van der Waals surface area (Å²) in [6.45, 7) is 0. The van der Waals surface area contributed by atoms with Crippen LogP contribution in [0.1, 0.15) is 29.2 Å². The molecule has 1 aromatic heterocycles. The number of carbonyl (C=O) groups excluding carboxylic acids is 1. The number of methoxy groups -OCH3 is 2. The highest BCUT2D eigenvalue weighted by atomic mass is 16.5. The molecule has 28 heavy (non-hydrogen) atoms. The van der Waals surface area contributed by atoms with E-state index in [4.69, 9.17) is 14.7 Å². The number of nitrogens with zero attached hydrogens (tertiary/aromatic N) is 3. The van der Waals surface area contributed by atoms with Crippen LogP contribution in [-0.4, -0.2) is 29.7 Å². The van der Waals surface area contributed by atoms with E-state index >= 15 is 0 Å². The maximum absolute atomic E-state index is 12.4. The number of fused-ring (bicyclic) bond motifs is 1.